The summed E-state index contributed by atoms with van der Waals surface area (Å²) in [6, 6.07) is 32.7. The lowest BCUT2D eigenvalue weighted by atomic mass is 9.76. The molecule has 0 saturated carbocycles. The highest BCUT2D eigenvalue weighted by molar-refractivity contribution is 7.13. The summed E-state index contributed by atoms with van der Waals surface area (Å²) in [6.07, 6.45) is 2.76. The Kier molecular flexibility index (Phi) is 17.7. The number of likely N-dealkylation sites (N-methyl/N-ethyl adjacent to an activating group) is 1. The molecule has 1 saturated heterocycles. The van der Waals surface area contributed by atoms with E-state index >= 15 is 0 Å². The van der Waals surface area contributed by atoms with Gasteiger partial charge in [0.15, 0.2) is 0 Å². The number of aromatic nitrogens is 1. The molecule has 1 aliphatic rings. The van der Waals surface area contributed by atoms with Crippen LogP contribution in [0.1, 0.15) is 107 Å². The number of hydrogen-bond donors (Lipinski definition) is 3. The minimum Gasteiger partial charge on any atom is -0.508 e. The number of aliphatic hydroxyl groups excluding tert-OH is 1. The second-order valence-electron chi connectivity index (χ2n) is 18.6. The summed E-state index contributed by atoms with van der Waals surface area (Å²) in [5.41, 5.74) is 9.68. The Morgan fingerprint density at radius 1 is 0.881 bits per heavy atom. The quantitative estimate of drug-likeness (QED) is 0.0487. The lowest BCUT2D eigenvalue weighted by Crippen LogP contribution is -2.50. The van der Waals surface area contributed by atoms with E-state index in [1.807, 2.05) is 112 Å². The first-order valence-corrected chi connectivity index (χ1v) is 24.3. The molecule has 354 valence electrons. The lowest BCUT2D eigenvalue weighted by Gasteiger charge is -2.34. The van der Waals surface area contributed by atoms with E-state index < -0.39 is 23.5 Å². The number of thiazole rings is 1. The van der Waals surface area contributed by atoms with Gasteiger partial charge in [-0.05, 0) is 94.8 Å². The number of benzene rings is 4. The molecule has 3 amide bonds. The number of hydrogen-bond acceptors (Lipinski definition) is 9. The van der Waals surface area contributed by atoms with Crippen LogP contribution in [0.3, 0.4) is 0 Å². The van der Waals surface area contributed by atoms with Gasteiger partial charge in [0.2, 0.25) is 17.7 Å². The van der Waals surface area contributed by atoms with Crippen LogP contribution >= 0.6 is 11.3 Å². The van der Waals surface area contributed by atoms with Gasteiger partial charge in [0.1, 0.15) is 29.9 Å². The molecule has 1 aliphatic heterocycles. The number of phenols is 1. The molecule has 1 fully saturated rings. The molecule has 11 nitrogen and oxygen atoms in total. The molecule has 5 aromatic rings. The summed E-state index contributed by atoms with van der Waals surface area (Å²) < 4.78 is 6.05. The van der Waals surface area contributed by atoms with Crippen molar-refractivity contribution in [3.8, 4) is 21.9 Å². The molecule has 0 unspecified atom stereocenters. The number of aliphatic hydroxyl groups is 1. The van der Waals surface area contributed by atoms with Crippen molar-refractivity contribution in [2.24, 2.45) is 11.3 Å². The van der Waals surface area contributed by atoms with Crippen LogP contribution in [-0.4, -0.2) is 87.4 Å². The fourth-order valence-electron chi connectivity index (χ4n) is 8.68. The molecule has 3 N–H and O–H groups in total. The van der Waals surface area contributed by atoms with Gasteiger partial charge in [-0.2, -0.15) is 0 Å². The highest BCUT2D eigenvalue weighted by Gasteiger charge is 2.44. The van der Waals surface area contributed by atoms with Crippen molar-refractivity contribution in [3.63, 3.8) is 0 Å². The average Bonchev–Trinajstić information content (AvgIpc) is 3.94. The van der Waals surface area contributed by atoms with Gasteiger partial charge >= 0.3 is 0 Å². The number of allylic oxidation sites excluding steroid dienone is 1. The molecule has 3 atom stereocenters. The Hall–Kier alpha value is -6.11. The zero-order chi connectivity index (χ0) is 48.1. The van der Waals surface area contributed by atoms with Crippen LogP contribution in [0.4, 0.5) is 0 Å². The van der Waals surface area contributed by atoms with Crippen molar-refractivity contribution in [3.05, 3.63) is 137 Å². The smallest absolute Gasteiger partial charge is 0.243 e. The van der Waals surface area contributed by atoms with E-state index in [0.29, 0.717) is 51.0 Å². The SMILES string of the molecule is CCC(=C(c1ccc(O)cc1)c1ccc(OCCN(C)C(=O)CCCCCC(=O)C[C@H](C(=O)N2C[C@H](O)C[C@H]2C(=O)NCc2ccc(-c3scnc3C)cc2)C(C)(C)C)cc1)c1ccccc1. The van der Waals surface area contributed by atoms with Crippen molar-refractivity contribution in [1.29, 1.82) is 0 Å². The van der Waals surface area contributed by atoms with Gasteiger partial charge in [-0.15, -0.1) is 11.3 Å². The number of ketones is 1. The largest absolute Gasteiger partial charge is 0.508 e. The fraction of sp³-hybridized carbons (Fsp3) is 0.400. The van der Waals surface area contributed by atoms with Gasteiger partial charge in [-0.3, -0.25) is 19.2 Å². The molecular formula is C55H66N4O7S. The second kappa shape index (κ2) is 23.6. The third-order valence-electron chi connectivity index (χ3n) is 12.6. The Labute approximate surface area is 399 Å². The van der Waals surface area contributed by atoms with Crippen molar-refractivity contribution < 1.29 is 34.1 Å². The van der Waals surface area contributed by atoms with Crippen molar-refractivity contribution in [1.82, 2.24) is 20.1 Å². The third-order valence-corrected chi connectivity index (χ3v) is 13.6. The van der Waals surface area contributed by atoms with Crippen LogP contribution < -0.4 is 10.1 Å². The summed E-state index contributed by atoms with van der Waals surface area (Å²) in [5.74, 6) is -0.392. The van der Waals surface area contributed by atoms with Crippen molar-refractivity contribution in [2.45, 2.75) is 105 Å². The lowest BCUT2D eigenvalue weighted by molar-refractivity contribution is -0.146. The summed E-state index contributed by atoms with van der Waals surface area (Å²) in [7, 11) is 1.77. The highest BCUT2D eigenvalue weighted by Crippen LogP contribution is 2.37. The maximum Gasteiger partial charge on any atom is 0.243 e. The van der Waals surface area contributed by atoms with Crippen LogP contribution in [0, 0.1) is 18.3 Å². The number of β-amino-alcohol motifs (C(OH)–C–C–N with tert-alkyl or cyclic N) is 1. The Morgan fingerprint density at radius 2 is 1.54 bits per heavy atom. The third kappa shape index (κ3) is 13.7. The summed E-state index contributed by atoms with van der Waals surface area (Å²) in [4.78, 5) is 62.5. The number of aromatic hydroxyl groups is 1. The maximum atomic E-state index is 14.1. The molecule has 1 aromatic heterocycles. The van der Waals surface area contributed by atoms with E-state index in [0.717, 1.165) is 50.4 Å². The predicted molar refractivity (Wildman–Crippen MR) is 266 cm³/mol. The second-order valence-corrected chi connectivity index (χ2v) is 19.5. The number of aryl methyl sites for hydroxylation is 1. The van der Waals surface area contributed by atoms with Crippen LogP contribution in [0.2, 0.25) is 0 Å². The zero-order valence-corrected chi connectivity index (χ0v) is 40.6. The number of phenolic OH excluding ortho intramolecular Hbond substituents is 1. The number of carbonyl (C=O) groups excluding carboxylic acids is 4. The van der Waals surface area contributed by atoms with Crippen molar-refractivity contribution >= 4 is 46.0 Å². The Balaban J connectivity index is 0.924. The Morgan fingerprint density at radius 3 is 2.16 bits per heavy atom. The minimum absolute atomic E-state index is 0.00615. The molecule has 4 aromatic carbocycles. The molecule has 67 heavy (non-hydrogen) atoms. The van der Waals surface area contributed by atoms with E-state index in [9.17, 15) is 29.4 Å². The molecule has 6 rings (SSSR count). The molecule has 0 bridgehead atoms. The number of nitrogens with one attached hydrogen (secondary N) is 1. The molecule has 0 spiro atoms. The van der Waals surface area contributed by atoms with E-state index in [2.05, 4.69) is 29.4 Å². The van der Waals surface area contributed by atoms with Gasteiger partial charge in [0, 0.05) is 51.7 Å². The first-order valence-electron chi connectivity index (χ1n) is 23.5. The van der Waals surface area contributed by atoms with Gasteiger partial charge < -0.3 is 30.1 Å². The number of likely N-dealkylation sites (tertiary alicyclic amines) is 1. The maximum absolute atomic E-state index is 14.1. The van der Waals surface area contributed by atoms with E-state index in [1.165, 1.54) is 10.5 Å². The van der Waals surface area contributed by atoms with Crippen LogP contribution in [-0.2, 0) is 25.7 Å². The zero-order valence-electron chi connectivity index (χ0n) is 39.8. The predicted octanol–water partition coefficient (Wildman–Crippen LogP) is 9.88. The summed E-state index contributed by atoms with van der Waals surface area (Å²) >= 11 is 1.58. The summed E-state index contributed by atoms with van der Waals surface area (Å²) in [6.45, 7) is 11.0. The van der Waals surface area contributed by atoms with Gasteiger partial charge in [0.25, 0.3) is 0 Å². The normalized spacial score (nSPS) is 15.7. The van der Waals surface area contributed by atoms with E-state index in [-0.39, 0.29) is 55.2 Å². The number of amides is 3. The first kappa shape index (κ1) is 50.3. The van der Waals surface area contributed by atoms with E-state index in [4.69, 9.17) is 4.74 Å². The minimum atomic E-state index is -0.833. The van der Waals surface area contributed by atoms with Crippen molar-refractivity contribution in [2.75, 3.05) is 26.7 Å². The molecular weight excluding hydrogens is 861 g/mol. The number of unbranched alkanes of at least 4 members (excludes halogenated alkanes) is 2. The van der Waals surface area contributed by atoms with Crippen LogP contribution in [0.15, 0.2) is 109 Å². The summed E-state index contributed by atoms with van der Waals surface area (Å²) in [5, 5.41) is 23.5. The van der Waals surface area contributed by atoms with Gasteiger partial charge in [-0.1, -0.05) is 113 Å². The van der Waals surface area contributed by atoms with Gasteiger partial charge in [-0.25, -0.2) is 4.98 Å². The number of rotatable bonds is 21. The number of nitrogens with zero attached hydrogens (tertiary/aromatic N) is 3. The monoisotopic (exact) mass is 926 g/mol. The fourth-order valence-corrected chi connectivity index (χ4v) is 9.49. The topological polar surface area (TPSA) is 149 Å². The van der Waals surface area contributed by atoms with Crippen LogP contribution in [0.25, 0.3) is 21.6 Å². The standard InChI is InChI=1S/C55H66N4O7S/c1-7-47(39-14-10-8-11-15-39)51(40-22-26-43(60)27-23-40)41-24-28-46(29-25-41)66-31-30-58(6)50(63)17-13-9-12-16-44(61)32-48(55(3,4)5)54(65)59-35-45(62)33-49(59)53(64)56-34-38-18-20-42(21-19-38)52-37(2)57-36-67-52/h8,10-11,14-15,18-29,36,45,48-49,60,62H,7,9,12-13,16-17,30-35H2,1-6H3,(H,56,64)/t45-,48-,49+/m1/s1. The average molecular weight is 927 g/mol. The number of ether oxygens (including phenoxy) is 1. The molecule has 12 heteroatoms. The molecule has 0 radical (unpaired) electrons. The van der Waals surface area contributed by atoms with E-state index in [1.54, 1.807) is 35.4 Å². The number of Topliss-reactive ketones (excluding diaryl/α,β-unsaturated/α-hetero) is 1. The van der Waals surface area contributed by atoms with Gasteiger partial charge in [0.05, 0.1) is 28.7 Å². The number of carbonyl (C=O) groups is 4. The molecule has 2 heterocycles. The first-order chi connectivity index (χ1) is 32.1. The molecule has 0 aliphatic carbocycles. The Bertz CT molecular complexity index is 2460. The van der Waals surface area contributed by atoms with Crippen LogP contribution in [0.5, 0.6) is 11.5 Å². The highest BCUT2D eigenvalue weighted by atomic mass is 32.1.